The molecular weight excluding hydrogens is 793 g/mol. The van der Waals surface area contributed by atoms with Gasteiger partial charge in [0.1, 0.15) is 36.6 Å². The topological polar surface area (TPSA) is 94.1 Å². The predicted molar refractivity (Wildman–Crippen MR) is 240 cm³/mol. The van der Waals surface area contributed by atoms with E-state index >= 15 is 0 Å². The monoisotopic (exact) mass is 850 g/mol. The van der Waals surface area contributed by atoms with Gasteiger partial charge in [0.15, 0.2) is 5.79 Å². The lowest BCUT2D eigenvalue weighted by molar-refractivity contribution is -0.275. The molecule has 8 atom stereocenters. The van der Waals surface area contributed by atoms with Gasteiger partial charge in [-0.3, -0.25) is 0 Å². The van der Waals surface area contributed by atoms with Crippen LogP contribution < -0.4 is 0 Å². The van der Waals surface area contributed by atoms with E-state index in [0.29, 0.717) is 26.4 Å². The molecule has 6 aromatic rings. The largest absolute Gasteiger partial charge is 0.374 e. The van der Waals surface area contributed by atoms with Crippen LogP contribution in [0.1, 0.15) is 46.7 Å². The first-order valence-corrected chi connectivity index (χ1v) is 21.9. The van der Waals surface area contributed by atoms with Gasteiger partial charge in [0.25, 0.3) is 0 Å². The lowest BCUT2D eigenvalue weighted by Crippen LogP contribution is -2.54. The third kappa shape index (κ3) is 12.2. The van der Waals surface area contributed by atoms with Gasteiger partial charge in [-0.15, -0.1) is 0 Å². The average Bonchev–Trinajstić information content (AvgIpc) is 3.74. The Balaban J connectivity index is 1.12. The lowest BCUT2D eigenvalue weighted by Gasteiger charge is -2.39. The normalized spacial score (nSPS) is 25.6. The molecule has 0 radical (unpaired) electrons. The molecule has 9 heteroatoms. The predicted octanol–water partition coefficient (Wildman–Crippen LogP) is 9.40. The molecule has 0 bridgehead atoms. The van der Waals surface area contributed by atoms with E-state index in [0.717, 1.165) is 33.4 Å². The van der Waals surface area contributed by atoms with Crippen LogP contribution in [0.15, 0.2) is 182 Å². The van der Waals surface area contributed by atoms with Crippen molar-refractivity contribution in [3.8, 4) is 0 Å². The summed E-state index contributed by atoms with van der Waals surface area (Å²) in [5.74, 6) is -1.93. The summed E-state index contributed by atoms with van der Waals surface area (Å²) in [7, 11) is 0. The minimum Gasteiger partial charge on any atom is -0.374 e. The van der Waals surface area contributed by atoms with Crippen LogP contribution in [-0.4, -0.2) is 66.3 Å². The summed E-state index contributed by atoms with van der Waals surface area (Å²) in [5.41, 5.74) is 4.83. The molecule has 0 unspecified atom stereocenters. The van der Waals surface area contributed by atoms with Gasteiger partial charge in [-0.05, 0) is 40.3 Å². The first-order valence-electron chi connectivity index (χ1n) is 21.9. The first kappa shape index (κ1) is 44.6. The van der Waals surface area contributed by atoms with Crippen LogP contribution in [0.3, 0.4) is 0 Å². The maximum absolute atomic E-state index is 13.2. The van der Waals surface area contributed by atoms with Crippen LogP contribution in [0.25, 0.3) is 0 Å². The zero-order valence-corrected chi connectivity index (χ0v) is 35.9. The summed E-state index contributed by atoms with van der Waals surface area (Å²) in [6, 6.07) is 60.0. The zero-order valence-electron chi connectivity index (χ0n) is 35.9. The van der Waals surface area contributed by atoms with Crippen molar-refractivity contribution in [1.82, 2.24) is 0 Å². The van der Waals surface area contributed by atoms with E-state index in [1.807, 2.05) is 189 Å². The van der Waals surface area contributed by atoms with Crippen LogP contribution >= 0.6 is 0 Å². The molecule has 2 aliphatic heterocycles. The Morgan fingerprint density at radius 1 is 0.397 bits per heavy atom. The molecule has 2 fully saturated rings. The standard InChI is InChI=1S/C54H58O9/c1-53(51(60-36-45-28-16-6-17-29-45)49(58-34-43-24-12-4-13-25-43)47(62-53)38-56-32-41-20-8-2-9-21-41)40-54(55)52(61-37-46-30-18-7-19-31-46)50(59-35-44-26-14-5-15-27-44)48(63-54)39-57-33-42-22-10-3-11-23-42/h2-31,47-52,55H,32-40H2,1H3/t47-,48-,49-,50-,51+,52+,53+,54-/m1/s1. The second kappa shape index (κ2) is 22.0. The molecule has 6 aromatic carbocycles. The third-order valence-electron chi connectivity index (χ3n) is 11.7. The Hall–Kier alpha value is -5.04. The first-order chi connectivity index (χ1) is 30.9. The van der Waals surface area contributed by atoms with Gasteiger partial charge < -0.3 is 43.0 Å². The second-order valence-corrected chi connectivity index (χ2v) is 16.6. The van der Waals surface area contributed by atoms with Gasteiger partial charge in [-0.1, -0.05) is 182 Å². The molecule has 9 nitrogen and oxygen atoms in total. The highest BCUT2D eigenvalue weighted by Crippen LogP contribution is 2.47. The maximum atomic E-state index is 13.2. The summed E-state index contributed by atoms with van der Waals surface area (Å²) < 4.78 is 53.9. The Kier molecular flexibility index (Phi) is 15.6. The van der Waals surface area contributed by atoms with Crippen LogP contribution in [0, 0.1) is 0 Å². The van der Waals surface area contributed by atoms with Gasteiger partial charge in [0.05, 0.1) is 58.5 Å². The van der Waals surface area contributed by atoms with Crippen LogP contribution in [0.4, 0.5) is 0 Å². The highest BCUT2D eigenvalue weighted by Gasteiger charge is 2.63. The molecule has 2 heterocycles. The van der Waals surface area contributed by atoms with Crippen molar-refractivity contribution < 1.29 is 43.0 Å². The van der Waals surface area contributed by atoms with Crippen molar-refractivity contribution in [3.63, 3.8) is 0 Å². The van der Waals surface area contributed by atoms with Crippen molar-refractivity contribution in [2.75, 3.05) is 13.2 Å². The SMILES string of the molecule is C[C@@]1(C[C@@]2(O)O[C@H](COCc3ccccc3)[C@@H](OCc3ccccc3)[C@@H]2OCc2ccccc2)O[C@H](COCc2ccccc2)[C@@H](OCc2ccccc2)[C@@H]1OCc1ccccc1. The fraction of sp³-hybridized carbons (Fsp3) is 0.333. The lowest BCUT2D eigenvalue weighted by atomic mass is 9.86. The number of benzene rings is 6. The van der Waals surface area contributed by atoms with Gasteiger partial charge >= 0.3 is 0 Å². The van der Waals surface area contributed by atoms with Crippen LogP contribution in [0.5, 0.6) is 0 Å². The van der Waals surface area contributed by atoms with E-state index < -0.39 is 48.0 Å². The Morgan fingerprint density at radius 3 is 1.08 bits per heavy atom. The van der Waals surface area contributed by atoms with Crippen LogP contribution in [-0.2, 0) is 77.5 Å². The molecule has 0 aliphatic carbocycles. The number of aliphatic hydroxyl groups is 1. The number of rotatable bonds is 22. The summed E-state index contributed by atoms with van der Waals surface area (Å²) in [4.78, 5) is 0. The molecular formula is C54H58O9. The second-order valence-electron chi connectivity index (χ2n) is 16.6. The minimum absolute atomic E-state index is 0.0420. The van der Waals surface area contributed by atoms with E-state index in [9.17, 15) is 5.11 Å². The Labute approximate surface area is 371 Å². The van der Waals surface area contributed by atoms with Gasteiger partial charge in [0, 0.05) is 6.42 Å². The average molecular weight is 851 g/mol. The molecule has 0 amide bonds. The Morgan fingerprint density at radius 2 is 0.698 bits per heavy atom. The van der Waals surface area contributed by atoms with E-state index in [1.54, 1.807) is 0 Å². The number of hydrogen-bond acceptors (Lipinski definition) is 9. The summed E-state index contributed by atoms with van der Waals surface area (Å²) in [6.07, 6.45) is -4.25. The van der Waals surface area contributed by atoms with Gasteiger partial charge in [0.2, 0.25) is 0 Å². The van der Waals surface area contributed by atoms with Crippen molar-refractivity contribution in [3.05, 3.63) is 215 Å². The Bertz CT molecular complexity index is 2040. The van der Waals surface area contributed by atoms with E-state index in [1.165, 1.54) is 0 Å². The molecule has 0 aromatic heterocycles. The third-order valence-corrected chi connectivity index (χ3v) is 11.7. The molecule has 8 rings (SSSR count). The molecule has 0 spiro atoms. The molecule has 328 valence electrons. The highest BCUT2D eigenvalue weighted by molar-refractivity contribution is 5.19. The van der Waals surface area contributed by atoms with Gasteiger partial charge in [-0.25, -0.2) is 0 Å². The zero-order chi connectivity index (χ0) is 43.2. The number of hydrogen-bond donors (Lipinski definition) is 1. The number of ether oxygens (including phenoxy) is 8. The van der Waals surface area contributed by atoms with Crippen molar-refractivity contribution >= 4 is 0 Å². The van der Waals surface area contributed by atoms with Crippen molar-refractivity contribution in [1.29, 1.82) is 0 Å². The molecule has 2 aliphatic rings. The molecule has 2 saturated heterocycles. The maximum Gasteiger partial charge on any atom is 0.198 e. The summed E-state index contributed by atoms with van der Waals surface area (Å²) in [6.45, 7) is 4.20. The fourth-order valence-electron chi connectivity index (χ4n) is 8.59. The van der Waals surface area contributed by atoms with Crippen LogP contribution in [0.2, 0.25) is 0 Å². The minimum atomic E-state index is -1.93. The van der Waals surface area contributed by atoms with E-state index in [-0.39, 0.29) is 32.8 Å². The summed E-state index contributed by atoms with van der Waals surface area (Å²) in [5, 5.41) is 13.2. The molecule has 63 heavy (non-hydrogen) atoms. The van der Waals surface area contributed by atoms with Crippen molar-refractivity contribution in [2.24, 2.45) is 0 Å². The smallest absolute Gasteiger partial charge is 0.198 e. The van der Waals surface area contributed by atoms with E-state index in [4.69, 9.17) is 37.9 Å². The summed E-state index contributed by atoms with van der Waals surface area (Å²) >= 11 is 0. The molecule has 0 saturated carbocycles. The highest BCUT2D eigenvalue weighted by atomic mass is 16.7. The van der Waals surface area contributed by atoms with Crippen molar-refractivity contribution in [2.45, 2.75) is 101 Å². The molecule has 1 N–H and O–H groups in total. The van der Waals surface area contributed by atoms with E-state index in [2.05, 4.69) is 0 Å². The quantitative estimate of drug-likeness (QED) is 0.0718. The van der Waals surface area contributed by atoms with Gasteiger partial charge in [-0.2, -0.15) is 0 Å². The fourth-order valence-corrected chi connectivity index (χ4v) is 8.59.